The molecule has 2 nitrogen and oxygen atoms in total. The van der Waals surface area contributed by atoms with E-state index >= 15 is 0 Å². The Kier molecular flexibility index (Phi) is 3.72. The van der Waals surface area contributed by atoms with E-state index in [1.54, 1.807) is 0 Å². The molecule has 0 unspecified atom stereocenters. The van der Waals surface area contributed by atoms with Crippen LogP contribution in [0.5, 0.6) is 0 Å². The fourth-order valence-electron chi connectivity index (χ4n) is 4.38. The molecule has 6 aromatic rings. The molecule has 0 fully saturated rings. The van der Waals surface area contributed by atoms with E-state index in [0.717, 1.165) is 22.4 Å². The van der Waals surface area contributed by atoms with E-state index in [1.807, 2.05) is 35.8 Å². The summed E-state index contributed by atoms with van der Waals surface area (Å²) in [5.74, 6) is 0.947. The average molecular weight is 428 g/mol. The summed E-state index contributed by atoms with van der Waals surface area (Å²) in [6, 6.07) is 15.5. The van der Waals surface area contributed by atoms with Crippen molar-refractivity contribution in [2.75, 3.05) is 0 Å². The second kappa shape index (κ2) is 6.16. The number of thiophene rings is 2. The van der Waals surface area contributed by atoms with Gasteiger partial charge in [-0.05, 0) is 71.1 Å². The van der Waals surface area contributed by atoms with Crippen molar-refractivity contribution >= 4 is 63.9 Å². The lowest BCUT2D eigenvalue weighted by Gasteiger charge is -2.21. The van der Waals surface area contributed by atoms with E-state index in [2.05, 4.69) is 68.6 Å². The first-order chi connectivity index (χ1) is 14.4. The maximum Gasteiger partial charge on any atom is 0.134 e. The number of nitrogens with zero attached hydrogens (tertiary/aromatic N) is 1. The fourth-order valence-corrected chi connectivity index (χ4v) is 6.62. The molecule has 0 amide bonds. The Bertz CT molecular complexity index is 1590. The van der Waals surface area contributed by atoms with Gasteiger partial charge in [0.2, 0.25) is 0 Å². The van der Waals surface area contributed by atoms with E-state index in [4.69, 9.17) is 9.40 Å². The van der Waals surface area contributed by atoms with Gasteiger partial charge in [-0.2, -0.15) is 0 Å². The number of hydrogen-bond donors (Lipinski definition) is 0. The van der Waals surface area contributed by atoms with Gasteiger partial charge in [-0.3, -0.25) is 4.98 Å². The van der Waals surface area contributed by atoms with Gasteiger partial charge in [0.25, 0.3) is 0 Å². The molecule has 0 saturated carbocycles. The van der Waals surface area contributed by atoms with Crippen molar-refractivity contribution in [2.24, 2.45) is 0 Å². The molecule has 0 bridgehead atoms. The van der Waals surface area contributed by atoms with Crippen molar-refractivity contribution in [2.45, 2.75) is 33.1 Å². The normalized spacial score (nSPS) is 12.7. The Morgan fingerprint density at radius 2 is 1.80 bits per heavy atom. The first kappa shape index (κ1) is 18.1. The van der Waals surface area contributed by atoms with Crippen LogP contribution >= 0.6 is 22.7 Å². The quantitative estimate of drug-likeness (QED) is 0.262. The molecular formula is C26H21NOS2. The molecule has 6 rings (SSSR count). The van der Waals surface area contributed by atoms with Crippen LogP contribution in [0.1, 0.15) is 32.1 Å². The number of hydrogen-bond acceptors (Lipinski definition) is 4. The zero-order valence-corrected chi connectivity index (χ0v) is 19.0. The van der Waals surface area contributed by atoms with Crippen LogP contribution < -0.4 is 0 Å². The molecule has 4 heteroatoms. The van der Waals surface area contributed by atoms with Gasteiger partial charge in [0.1, 0.15) is 11.3 Å². The van der Waals surface area contributed by atoms with E-state index in [0.29, 0.717) is 0 Å². The first-order valence-corrected chi connectivity index (χ1v) is 11.8. The monoisotopic (exact) mass is 427 g/mol. The van der Waals surface area contributed by atoms with Crippen LogP contribution in [-0.2, 0) is 5.41 Å². The van der Waals surface area contributed by atoms with Crippen LogP contribution in [-0.4, -0.2) is 4.98 Å². The molecule has 0 saturated heterocycles. The Hall–Kier alpha value is -2.69. The molecule has 0 aliphatic carbocycles. The molecule has 0 atom stereocenters. The van der Waals surface area contributed by atoms with Crippen molar-refractivity contribution in [1.82, 2.24) is 4.98 Å². The number of benzene rings is 2. The minimum absolute atomic E-state index is 0.0710. The molecule has 148 valence electrons. The maximum atomic E-state index is 5.94. The van der Waals surface area contributed by atoms with Crippen molar-refractivity contribution in [3.63, 3.8) is 0 Å². The summed E-state index contributed by atoms with van der Waals surface area (Å²) in [5.41, 5.74) is 4.64. The third-order valence-electron chi connectivity index (χ3n) is 5.78. The van der Waals surface area contributed by atoms with Crippen LogP contribution in [0.15, 0.2) is 58.5 Å². The highest BCUT2D eigenvalue weighted by molar-refractivity contribution is 7.26. The minimum Gasteiger partial charge on any atom is -0.461 e. The van der Waals surface area contributed by atoms with Crippen molar-refractivity contribution in [3.05, 3.63) is 65.4 Å². The van der Waals surface area contributed by atoms with Gasteiger partial charge in [-0.1, -0.05) is 20.8 Å². The van der Waals surface area contributed by atoms with Crippen LogP contribution in [0.25, 0.3) is 52.5 Å². The van der Waals surface area contributed by atoms with E-state index in [9.17, 15) is 0 Å². The fraction of sp³-hybridized carbons (Fsp3) is 0.192. The molecule has 0 aliphatic heterocycles. The Balaban J connectivity index is 1.71. The second-order valence-electron chi connectivity index (χ2n) is 8.99. The topological polar surface area (TPSA) is 26.0 Å². The molecule has 0 N–H and O–H groups in total. The molecule has 0 radical (unpaired) electrons. The number of fused-ring (bicyclic) bond motifs is 5. The summed E-state index contributed by atoms with van der Waals surface area (Å²) in [6.07, 6.45) is 1.94. The summed E-state index contributed by atoms with van der Waals surface area (Å²) >= 11 is 3.66. The first-order valence-electron chi connectivity index (χ1n) is 10.1. The molecule has 4 heterocycles. The summed E-state index contributed by atoms with van der Waals surface area (Å²) in [6.45, 7) is 8.86. The SMILES string of the molecule is Cc1cc2cc3sc4ccnc(-c5cc(C(C)(C)C)c6sccc6c5)c4c3cc2o1. The third-order valence-corrected chi connectivity index (χ3v) is 7.86. The van der Waals surface area contributed by atoms with Gasteiger partial charge in [-0.15, -0.1) is 22.7 Å². The number of aromatic nitrogens is 1. The van der Waals surface area contributed by atoms with Gasteiger partial charge >= 0.3 is 0 Å². The van der Waals surface area contributed by atoms with Crippen LogP contribution in [0, 0.1) is 6.92 Å². The second-order valence-corrected chi connectivity index (χ2v) is 11.0. The molecule has 0 aliphatic rings. The standard InChI is InChI=1S/C26H21NOS2/c1-14-9-16-12-22-18(13-20(16)28-14)23-21(30-22)5-7-27-24(23)17-10-15-6-8-29-25(15)19(11-17)26(2,3)4/h5-13H,1-4H3. The van der Waals surface area contributed by atoms with Gasteiger partial charge in [0.05, 0.1) is 5.69 Å². The van der Waals surface area contributed by atoms with Crippen molar-refractivity contribution in [3.8, 4) is 11.3 Å². The van der Waals surface area contributed by atoms with Gasteiger partial charge in [0, 0.05) is 42.0 Å². The predicted octanol–water partition coefficient (Wildman–Crippen LogP) is 8.68. The lowest BCUT2D eigenvalue weighted by atomic mass is 9.85. The summed E-state index contributed by atoms with van der Waals surface area (Å²) < 4.78 is 9.86. The van der Waals surface area contributed by atoms with Crippen molar-refractivity contribution < 1.29 is 4.42 Å². The number of pyridine rings is 1. The van der Waals surface area contributed by atoms with Crippen molar-refractivity contribution in [1.29, 1.82) is 0 Å². The highest BCUT2D eigenvalue weighted by Crippen LogP contribution is 2.43. The minimum atomic E-state index is 0.0710. The largest absolute Gasteiger partial charge is 0.461 e. The van der Waals surface area contributed by atoms with Gasteiger partial charge < -0.3 is 4.42 Å². The number of rotatable bonds is 1. The van der Waals surface area contributed by atoms with Crippen LogP contribution in [0.4, 0.5) is 0 Å². The van der Waals surface area contributed by atoms with Crippen LogP contribution in [0.3, 0.4) is 0 Å². The highest BCUT2D eigenvalue weighted by Gasteiger charge is 2.21. The maximum absolute atomic E-state index is 5.94. The molecule has 4 aromatic heterocycles. The lowest BCUT2D eigenvalue weighted by Crippen LogP contribution is -2.11. The zero-order chi connectivity index (χ0) is 20.6. The van der Waals surface area contributed by atoms with E-state index in [-0.39, 0.29) is 5.41 Å². The average Bonchev–Trinajstić information content (AvgIpc) is 3.39. The number of furan rings is 1. The van der Waals surface area contributed by atoms with Crippen LogP contribution in [0.2, 0.25) is 0 Å². The predicted molar refractivity (Wildman–Crippen MR) is 131 cm³/mol. The van der Waals surface area contributed by atoms with Gasteiger partial charge in [-0.25, -0.2) is 0 Å². The van der Waals surface area contributed by atoms with E-state index < -0.39 is 0 Å². The zero-order valence-electron chi connectivity index (χ0n) is 17.4. The van der Waals surface area contributed by atoms with Gasteiger partial charge in [0.15, 0.2) is 0 Å². The Morgan fingerprint density at radius 1 is 0.933 bits per heavy atom. The number of aryl methyl sites for hydroxylation is 1. The molecule has 30 heavy (non-hydrogen) atoms. The molecule has 2 aromatic carbocycles. The Labute approximate surface area is 182 Å². The molecular weight excluding hydrogens is 406 g/mol. The van der Waals surface area contributed by atoms with E-state index in [1.165, 1.54) is 41.4 Å². The summed E-state index contributed by atoms with van der Waals surface area (Å²) in [7, 11) is 0. The highest BCUT2D eigenvalue weighted by atomic mass is 32.1. The third kappa shape index (κ3) is 2.64. The smallest absolute Gasteiger partial charge is 0.134 e. The summed E-state index contributed by atoms with van der Waals surface area (Å²) in [4.78, 5) is 4.88. The Morgan fingerprint density at radius 3 is 2.63 bits per heavy atom. The summed E-state index contributed by atoms with van der Waals surface area (Å²) in [5, 5.41) is 7.10. The molecule has 0 spiro atoms. The lowest BCUT2D eigenvalue weighted by molar-refractivity contribution is 0.579.